The molecule has 0 aliphatic rings. The molecule has 118 valence electrons. The molecule has 2 aromatic rings. The van der Waals surface area contributed by atoms with Crippen LogP contribution in [0.3, 0.4) is 0 Å². The van der Waals surface area contributed by atoms with Crippen LogP contribution < -0.4 is 4.90 Å². The summed E-state index contributed by atoms with van der Waals surface area (Å²) in [6.45, 7) is 6.19. The average Bonchev–Trinajstić information content (AvgIpc) is 2.61. The molecule has 2 heteroatoms. The number of hydrogen-bond acceptors (Lipinski definition) is 2. The Morgan fingerprint density at radius 3 is 2.17 bits per heavy atom. The zero-order chi connectivity index (χ0) is 16.5. The van der Waals surface area contributed by atoms with Gasteiger partial charge in [-0.05, 0) is 49.8 Å². The van der Waals surface area contributed by atoms with Crippen LogP contribution in [-0.4, -0.2) is 18.9 Å². The van der Waals surface area contributed by atoms with Crippen LogP contribution in [0.25, 0.3) is 6.08 Å². The summed E-state index contributed by atoms with van der Waals surface area (Å²) in [6.07, 6.45) is 7.25. The molecule has 0 aromatic heterocycles. The van der Waals surface area contributed by atoms with Gasteiger partial charge in [-0.3, -0.25) is 4.79 Å². The molecule has 0 unspecified atom stereocenters. The Labute approximate surface area is 138 Å². The predicted molar refractivity (Wildman–Crippen MR) is 98.9 cm³/mol. The van der Waals surface area contributed by atoms with E-state index in [0.29, 0.717) is 5.56 Å². The zero-order valence-electron chi connectivity index (χ0n) is 13.8. The maximum atomic E-state index is 12.1. The molecule has 2 aromatic carbocycles. The van der Waals surface area contributed by atoms with Crippen molar-refractivity contribution in [2.75, 3.05) is 18.0 Å². The van der Waals surface area contributed by atoms with Gasteiger partial charge in [0.2, 0.25) is 0 Å². The SMILES string of the molecule is CCN(CC)c1ccc(C(=O)C=CC=Cc2ccccc2)cc1. The van der Waals surface area contributed by atoms with Crippen LogP contribution in [-0.2, 0) is 0 Å². The predicted octanol–water partition coefficient (Wildman–Crippen LogP) is 4.99. The van der Waals surface area contributed by atoms with Gasteiger partial charge in [-0.25, -0.2) is 0 Å². The summed E-state index contributed by atoms with van der Waals surface area (Å²) < 4.78 is 0. The fraction of sp³-hybridized carbons (Fsp3) is 0.190. The van der Waals surface area contributed by atoms with Gasteiger partial charge in [0.15, 0.2) is 5.78 Å². The fourth-order valence-corrected chi connectivity index (χ4v) is 2.40. The van der Waals surface area contributed by atoms with Crippen LogP contribution in [0.4, 0.5) is 5.69 Å². The molecule has 0 saturated carbocycles. The molecular weight excluding hydrogens is 282 g/mol. The van der Waals surface area contributed by atoms with Crippen LogP contribution in [0.15, 0.2) is 72.8 Å². The molecule has 0 fully saturated rings. The number of benzene rings is 2. The second-order valence-electron chi connectivity index (χ2n) is 5.21. The minimum atomic E-state index is 0.0220. The van der Waals surface area contributed by atoms with Crippen LogP contribution in [0, 0.1) is 0 Å². The minimum absolute atomic E-state index is 0.0220. The first-order valence-corrected chi connectivity index (χ1v) is 8.03. The van der Waals surface area contributed by atoms with Crippen molar-refractivity contribution >= 4 is 17.5 Å². The minimum Gasteiger partial charge on any atom is -0.372 e. The lowest BCUT2D eigenvalue weighted by molar-refractivity contribution is 0.104. The van der Waals surface area contributed by atoms with Gasteiger partial charge < -0.3 is 4.90 Å². The summed E-state index contributed by atoms with van der Waals surface area (Å²) in [5.74, 6) is 0.0220. The van der Waals surface area contributed by atoms with Crippen molar-refractivity contribution in [1.29, 1.82) is 0 Å². The van der Waals surface area contributed by atoms with E-state index >= 15 is 0 Å². The van der Waals surface area contributed by atoms with Crippen LogP contribution in [0.2, 0.25) is 0 Å². The van der Waals surface area contributed by atoms with Crippen LogP contribution in [0.1, 0.15) is 29.8 Å². The molecule has 0 aliphatic heterocycles. The standard InChI is InChI=1S/C21H23NO/c1-3-22(4-2)20-16-14-19(15-17-20)21(23)13-9-8-12-18-10-6-5-7-11-18/h5-17H,3-4H2,1-2H3. The summed E-state index contributed by atoms with van der Waals surface area (Å²) in [7, 11) is 0. The lowest BCUT2D eigenvalue weighted by atomic mass is 10.1. The summed E-state index contributed by atoms with van der Waals surface area (Å²) in [6, 6.07) is 17.8. The highest BCUT2D eigenvalue weighted by molar-refractivity contribution is 6.04. The third-order valence-corrected chi connectivity index (χ3v) is 3.73. The van der Waals surface area contributed by atoms with Gasteiger partial charge in [0.1, 0.15) is 0 Å². The van der Waals surface area contributed by atoms with Crippen molar-refractivity contribution in [3.8, 4) is 0 Å². The van der Waals surface area contributed by atoms with E-state index in [0.717, 1.165) is 24.3 Å². The van der Waals surface area contributed by atoms with E-state index in [1.807, 2.05) is 66.7 Å². The number of carbonyl (C=O) groups is 1. The fourth-order valence-electron chi connectivity index (χ4n) is 2.40. The summed E-state index contributed by atoms with van der Waals surface area (Å²) in [4.78, 5) is 14.4. The van der Waals surface area contributed by atoms with E-state index in [2.05, 4.69) is 18.7 Å². The normalized spacial score (nSPS) is 11.2. The highest BCUT2D eigenvalue weighted by atomic mass is 16.1. The Bertz CT molecular complexity index is 665. The number of anilines is 1. The monoisotopic (exact) mass is 305 g/mol. The highest BCUT2D eigenvalue weighted by Crippen LogP contribution is 2.15. The Balaban J connectivity index is 1.98. The Kier molecular flexibility index (Phi) is 6.37. The van der Waals surface area contributed by atoms with E-state index in [1.165, 1.54) is 0 Å². The number of rotatable bonds is 7. The molecular formula is C21H23NO. The first kappa shape index (κ1) is 16.8. The number of nitrogens with zero attached hydrogens (tertiary/aromatic N) is 1. The molecule has 2 nitrogen and oxygen atoms in total. The number of carbonyl (C=O) groups excluding carboxylic acids is 1. The molecule has 0 saturated heterocycles. The summed E-state index contributed by atoms with van der Waals surface area (Å²) >= 11 is 0. The molecule has 23 heavy (non-hydrogen) atoms. The van der Waals surface area contributed by atoms with Gasteiger partial charge in [0.25, 0.3) is 0 Å². The smallest absolute Gasteiger partial charge is 0.185 e. The first-order valence-electron chi connectivity index (χ1n) is 8.03. The van der Waals surface area contributed by atoms with E-state index in [4.69, 9.17) is 0 Å². The molecule has 0 atom stereocenters. The molecule has 0 spiro atoms. The Morgan fingerprint density at radius 2 is 1.57 bits per heavy atom. The number of hydrogen-bond donors (Lipinski definition) is 0. The number of allylic oxidation sites excluding steroid dienone is 3. The average molecular weight is 305 g/mol. The molecule has 0 heterocycles. The topological polar surface area (TPSA) is 20.3 Å². The zero-order valence-corrected chi connectivity index (χ0v) is 13.8. The van der Waals surface area contributed by atoms with Gasteiger partial charge in [0, 0.05) is 24.3 Å². The summed E-state index contributed by atoms with van der Waals surface area (Å²) in [5, 5.41) is 0. The van der Waals surface area contributed by atoms with Gasteiger partial charge >= 0.3 is 0 Å². The molecule has 2 rings (SSSR count). The van der Waals surface area contributed by atoms with E-state index in [-0.39, 0.29) is 5.78 Å². The van der Waals surface area contributed by atoms with Crippen LogP contribution in [0.5, 0.6) is 0 Å². The lowest BCUT2D eigenvalue weighted by Crippen LogP contribution is -2.21. The second-order valence-corrected chi connectivity index (χ2v) is 5.21. The van der Waals surface area contributed by atoms with Crippen LogP contribution >= 0.6 is 0 Å². The van der Waals surface area contributed by atoms with E-state index in [1.54, 1.807) is 12.2 Å². The second kappa shape index (κ2) is 8.74. The van der Waals surface area contributed by atoms with E-state index < -0.39 is 0 Å². The molecule has 0 N–H and O–H groups in total. The summed E-state index contributed by atoms with van der Waals surface area (Å²) in [5.41, 5.74) is 2.98. The first-order chi connectivity index (χ1) is 11.2. The van der Waals surface area contributed by atoms with Gasteiger partial charge in [-0.1, -0.05) is 48.6 Å². The Morgan fingerprint density at radius 1 is 0.913 bits per heavy atom. The molecule has 0 radical (unpaired) electrons. The van der Waals surface area contributed by atoms with Crippen molar-refractivity contribution in [3.05, 3.63) is 84.0 Å². The van der Waals surface area contributed by atoms with E-state index in [9.17, 15) is 4.79 Å². The van der Waals surface area contributed by atoms with Crippen molar-refractivity contribution < 1.29 is 4.79 Å². The molecule has 0 bridgehead atoms. The lowest BCUT2D eigenvalue weighted by Gasteiger charge is -2.20. The van der Waals surface area contributed by atoms with Crippen molar-refractivity contribution in [1.82, 2.24) is 0 Å². The van der Waals surface area contributed by atoms with Crippen molar-refractivity contribution in [2.45, 2.75) is 13.8 Å². The molecule has 0 amide bonds. The number of ketones is 1. The third kappa shape index (κ3) is 4.96. The van der Waals surface area contributed by atoms with Crippen molar-refractivity contribution in [3.63, 3.8) is 0 Å². The third-order valence-electron chi connectivity index (χ3n) is 3.73. The Hall–Kier alpha value is -2.61. The highest BCUT2D eigenvalue weighted by Gasteiger charge is 2.04. The van der Waals surface area contributed by atoms with Gasteiger partial charge in [-0.2, -0.15) is 0 Å². The largest absolute Gasteiger partial charge is 0.372 e. The quantitative estimate of drug-likeness (QED) is 0.408. The van der Waals surface area contributed by atoms with Gasteiger partial charge in [-0.15, -0.1) is 0 Å². The van der Waals surface area contributed by atoms with Gasteiger partial charge in [0.05, 0.1) is 0 Å². The van der Waals surface area contributed by atoms with Crippen molar-refractivity contribution in [2.24, 2.45) is 0 Å². The maximum absolute atomic E-state index is 12.1. The maximum Gasteiger partial charge on any atom is 0.185 e. The molecule has 0 aliphatic carbocycles.